The number of benzene rings is 9. The van der Waals surface area contributed by atoms with E-state index < -0.39 is 0 Å². The van der Waals surface area contributed by atoms with Gasteiger partial charge in [0.2, 0.25) is 0 Å². The van der Waals surface area contributed by atoms with Gasteiger partial charge in [0, 0.05) is 73.5 Å². The molecular weight excluding hydrogens is 879 g/mol. The predicted octanol–water partition coefficient (Wildman–Crippen LogP) is 17.9. The molecule has 69 heavy (non-hydrogen) atoms. The molecule has 4 aromatic heterocycles. The van der Waals surface area contributed by atoms with Crippen LogP contribution < -0.4 is 0 Å². The molecule has 0 bridgehead atoms. The molecule has 0 radical (unpaired) electrons. The van der Waals surface area contributed by atoms with Crippen LogP contribution in [0.5, 0.6) is 0 Å². The minimum atomic E-state index is -0.0679. The standard InChI is InChI=1S/C62H41N5S2/c1-62(2,3)42-25-29-52-50(35-42)51-36-43(63-4)26-30-53(51)67(52)58-48(37-15-7-5-8-16-37)31-41(32-49(58)38-17-9-6-10-18-38)61-65-59(39-23-27-46-44-19-11-13-21-54(44)68-56(46)33-39)64-60(66-61)40-24-28-47-45-20-12-14-22-55(45)69-57(47)34-40/h5-36H,1-3H3. The number of hydrogen-bond acceptors (Lipinski definition) is 5. The number of fused-ring (bicyclic) bond motifs is 9. The van der Waals surface area contributed by atoms with Crippen LogP contribution >= 0.6 is 22.7 Å². The molecule has 0 N–H and O–H groups in total. The van der Waals surface area contributed by atoms with Gasteiger partial charge in [0.25, 0.3) is 0 Å². The number of rotatable bonds is 6. The van der Waals surface area contributed by atoms with Crippen molar-refractivity contribution in [3.63, 3.8) is 0 Å². The Kier molecular flexibility index (Phi) is 9.45. The fourth-order valence-electron chi connectivity index (χ4n) is 9.96. The molecule has 7 heteroatoms. The lowest BCUT2D eigenvalue weighted by Gasteiger charge is -2.22. The number of hydrogen-bond donors (Lipinski definition) is 0. The van der Waals surface area contributed by atoms with Gasteiger partial charge in [-0.25, -0.2) is 19.8 Å². The van der Waals surface area contributed by atoms with E-state index in [2.05, 4.69) is 212 Å². The van der Waals surface area contributed by atoms with Crippen LogP contribution in [-0.4, -0.2) is 19.5 Å². The average Bonchev–Trinajstić information content (AvgIpc) is 4.06. The molecule has 13 aromatic rings. The van der Waals surface area contributed by atoms with Crippen molar-refractivity contribution in [1.82, 2.24) is 19.5 Å². The molecular formula is C62H41N5S2. The van der Waals surface area contributed by atoms with Crippen LogP contribution in [0.1, 0.15) is 26.3 Å². The minimum absolute atomic E-state index is 0.0679. The van der Waals surface area contributed by atoms with E-state index in [0.717, 1.165) is 66.4 Å². The van der Waals surface area contributed by atoms with E-state index in [0.29, 0.717) is 23.2 Å². The Hall–Kier alpha value is -8.28. The summed E-state index contributed by atoms with van der Waals surface area (Å²) >= 11 is 3.59. The molecule has 0 unspecified atom stereocenters. The Morgan fingerprint density at radius 1 is 0.406 bits per heavy atom. The maximum atomic E-state index is 8.00. The highest BCUT2D eigenvalue weighted by Gasteiger charge is 2.25. The fraction of sp³-hybridized carbons (Fsp3) is 0.0645. The third-order valence-electron chi connectivity index (χ3n) is 13.4. The van der Waals surface area contributed by atoms with Crippen LogP contribution in [0.3, 0.4) is 0 Å². The maximum Gasteiger partial charge on any atom is 0.188 e. The van der Waals surface area contributed by atoms with Gasteiger partial charge in [-0.15, -0.1) is 22.7 Å². The normalized spacial score (nSPS) is 12.0. The number of aromatic nitrogens is 4. The van der Waals surface area contributed by atoms with Gasteiger partial charge in [0.1, 0.15) is 0 Å². The molecule has 326 valence electrons. The molecule has 0 saturated carbocycles. The first kappa shape index (κ1) is 41.0. The second kappa shape index (κ2) is 15.9. The van der Waals surface area contributed by atoms with Crippen molar-refractivity contribution in [2.45, 2.75) is 26.2 Å². The van der Waals surface area contributed by atoms with E-state index in [9.17, 15) is 0 Å². The minimum Gasteiger partial charge on any atom is -0.308 e. The van der Waals surface area contributed by atoms with Crippen LogP contribution in [0.4, 0.5) is 5.69 Å². The largest absolute Gasteiger partial charge is 0.308 e. The van der Waals surface area contributed by atoms with Crippen molar-refractivity contribution in [3.05, 3.63) is 211 Å². The van der Waals surface area contributed by atoms with Crippen LogP contribution in [0.25, 0.3) is 129 Å². The highest BCUT2D eigenvalue weighted by Crippen LogP contribution is 2.46. The highest BCUT2D eigenvalue weighted by molar-refractivity contribution is 7.26. The molecule has 0 aliphatic rings. The SMILES string of the molecule is [C-]#[N+]c1ccc2c(c1)c1cc(C(C)(C)C)ccc1n2-c1c(-c2ccccc2)cc(-c2nc(-c3ccc4c(c3)sc3ccccc34)nc(-c3ccc4c(c3)sc3ccccc34)n2)cc1-c1ccccc1. The summed E-state index contributed by atoms with van der Waals surface area (Å²) in [4.78, 5) is 20.0. The summed E-state index contributed by atoms with van der Waals surface area (Å²) in [6, 6.07) is 69.1. The molecule has 0 amide bonds. The monoisotopic (exact) mass is 919 g/mol. The molecule has 0 aliphatic carbocycles. The summed E-state index contributed by atoms with van der Waals surface area (Å²) in [5.41, 5.74) is 11.8. The fourth-order valence-corrected chi connectivity index (χ4v) is 12.3. The van der Waals surface area contributed by atoms with Crippen LogP contribution in [0.15, 0.2) is 194 Å². The Morgan fingerprint density at radius 2 is 0.870 bits per heavy atom. The van der Waals surface area contributed by atoms with Gasteiger partial charge in [-0.3, -0.25) is 0 Å². The summed E-state index contributed by atoms with van der Waals surface area (Å²) in [6.45, 7) is 14.7. The number of thiophene rings is 2. The van der Waals surface area contributed by atoms with E-state index in [1.165, 1.54) is 45.9 Å². The first-order valence-corrected chi connectivity index (χ1v) is 24.7. The lowest BCUT2D eigenvalue weighted by atomic mass is 9.86. The second-order valence-electron chi connectivity index (χ2n) is 18.7. The first-order chi connectivity index (χ1) is 33.8. The van der Waals surface area contributed by atoms with Crippen molar-refractivity contribution in [2.24, 2.45) is 0 Å². The smallest absolute Gasteiger partial charge is 0.188 e. The third-order valence-corrected chi connectivity index (χ3v) is 15.7. The first-order valence-electron chi connectivity index (χ1n) is 23.1. The zero-order chi connectivity index (χ0) is 46.4. The van der Waals surface area contributed by atoms with Gasteiger partial charge >= 0.3 is 0 Å². The molecule has 9 aromatic carbocycles. The van der Waals surface area contributed by atoms with Gasteiger partial charge in [0.15, 0.2) is 23.2 Å². The van der Waals surface area contributed by atoms with Crippen molar-refractivity contribution >= 4 is 90.5 Å². The zero-order valence-corrected chi connectivity index (χ0v) is 39.7. The molecule has 0 saturated heterocycles. The Labute approximate surface area is 407 Å². The summed E-state index contributed by atoms with van der Waals surface area (Å²) in [5, 5.41) is 7.12. The van der Waals surface area contributed by atoms with E-state index in [1.807, 2.05) is 12.1 Å². The van der Waals surface area contributed by atoms with E-state index in [4.69, 9.17) is 21.5 Å². The quantitative estimate of drug-likeness (QED) is 0.156. The summed E-state index contributed by atoms with van der Waals surface area (Å²) < 4.78 is 7.30. The van der Waals surface area contributed by atoms with Crippen LogP contribution in [-0.2, 0) is 5.41 Å². The molecule has 13 rings (SSSR count). The van der Waals surface area contributed by atoms with Gasteiger partial charge in [-0.05, 0) is 88.2 Å². The number of nitrogens with zero attached hydrogens (tertiary/aromatic N) is 5. The average molecular weight is 920 g/mol. The Bertz CT molecular complexity index is 4050. The Morgan fingerprint density at radius 3 is 1.39 bits per heavy atom. The van der Waals surface area contributed by atoms with Crippen LogP contribution in [0, 0.1) is 6.57 Å². The van der Waals surface area contributed by atoms with E-state index in [-0.39, 0.29) is 5.41 Å². The zero-order valence-electron chi connectivity index (χ0n) is 38.0. The molecule has 5 nitrogen and oxygen atoms in total. The van der Waals surface area contributed by atoms with Crippen molar-refractivity contribution in [1.29, 1.82) is 0 Å². The summed E-state index contributed by atoms with van der Waals surface area (Å²) in [6.07, 6.45) is 0. The molecule has 0 atom stereocenters. The van der Waals surface area contributed by atoms with Gasteiger partial charge in [0.05, 0.1) is 23.3 Å². The molecule has 0 aliphatic heterocycles. The van der Waals surface area contributed by atoms with Gasteiger partial charge in [-0.2, -0.15) is 0 Å². The molecule has 4 heterocycles. The van der Waals surface area contributed by atoms with Crippen molar-refractivity contribution < 1.29 is 0 Å². The predicted molar refractivity (Wildman–Crippen MR) is 292 cm³/mol. The molecule has 0 spiro atoms. The summed E-state index contributed by atoms with van der Waals surface area (Å²) in [7, 11) is 0. The summed E-state index contributed by atoms with van der Waals surface area (Å²) in [5.74, 6) is 1.82. The molecule has 0 fully saturated rings. The van der Waals surface area contributed by atoms with E-state index >= 15 is 0 Å². The Balaban J connectivity index is 1.10. The highest BCUT2D eigenvalue weighted by atomic mass is 32.1. The van der Waals surface area contributed by atoms with Crippen molar-refractivity contribution in [3.8, 4) is 62.1 Å². The van der Waals surface area contributed by atoms with Gasteiger partial charge < -0.3 is 4.57 Å². The maximum absolute atomic E-state index is 8.00. The van der Waals surface area contributed by atoms with Crippen molar-refractivity contribution in [2.75, 3.05) is 0 Å². The van der Waals surface area contributed by atoms with E-state index in [1.54, 1.807) is 22.7 Å². The van der Waals surface area contributed by atoms with Crippen LogP contribution in [0.2, 0.25) is 0 Å². The lowest BCUT2D eigenvalue weighted by Crippen LogP contribution is -2.10. The second-order valence-corrected chi connectivity index (χ2v) is 20.9. The van der Waals surface area contributed by atoms with Gasteiger partial charge in [-0.1, -0.05) is 154 Å². The lowest BCUT2D eigenvalue weighted by molar-refractivity contribution is 0.591. The topological polar surface area (TPSA) is 48.0 Å². The third kappa shape index (κ3) is 6.91.